The zero-order valence-corrected chi connectivity index (χ0v) is 18.8. The smallest absolute Gasteiger partial charge is 0.332 e. The van der Waals surface area contributed by atoms with Crippen LogP contribution in [0.25, 0.3) is 23.3 Å². The Morgan fingerprint density at radius 2 is 1.42 bits per heavy atom. The van der Waals surface area contributed by atoms with Gasteiger partial charge in [-0.05, 0) is 44.5 Å². The molecule has 3 rings (SSSR count). The number of hydrogen-bond acceptors (Lipinski definition) is 6. The second kappa shape index (κ2) is 9.11. The average molecular weight is 428 g/mol. The largest absolute Gasteiger partial charge is 0.490 e. The standard InChI is InChI=1S/C22H28N4O5/c1-7-29-15-12-14(13-16(30-8-2)19(15)31-9-3)10-11-17-23-20-18(24(17)4)21(27)26(6)22(28)25(20)5/h10-13H,7-9H2,1-6H3/b11-10+. The van der Waals surface area contributed by atoms with Crippen molar-refractivity contribution in [3.8, 4) is 17.2 Å². The number of benzene rings is 1. The SMILES string of the molecule is CCOc1cc(/C=C/c2nc3c(c(=O)n(C)c(=O)n3C)n2C)cc(OCC)c1OCC. The van der Waals surface area contributed by atoms with Crippen molar-refractivity contribution in [1.82, 2.24) is 18.7 Å². The Morgan fingerprint density at radius 3 is 1.97 bits per heavy atom. The van der Waals surface area contributed by atoms with Gasteiger partial charge < -0.3 is 18.8 Å². The van der Waals surface area contributed by atoms with Gasteiger partial charge in [-0.25, -0.2) is 9.78 Å². The zero-order valence-electron chi connectivity index (χ0n) is 18.8. The lowest BCUT2D eigenvalue weighted by molar-refractivity contribution is 0.260. The summed E-state index contributed by atoms with van der Waals surface area (Å²) in [5.41, 5.74) is 0.726. The van der Waals surface area contributed by atoms with Crippen LogP contribution in [0.15, 0.2) is 21.7 Å². The molecule has 0 saturated carbocycles. The van der Waals surface area contributed by atoms with Gasteiger partial charge in [0.2, 0.25) is 5.75 Å². The summed E-state index contributed by atoms with van der Waals surface area (Å²) in [4.78, 5) is 29.3. The minimum absolute atomic E-state index is 0.340. The lowest BCUT2D eigenvalue weighted by Crippen LogP contribution is -2.37. The van der Waals surface area contributed by atoms with E-state index in [0.29, 0.717) is 54.1 Å². The monoisotopic (exact) mass is 428 g/mol. The molecule has 0 aliphatic carbocycles. The molecule has 0 bridgehead atoms. The first kappa shape index (κ1) is 22.2. The Morgan fingerprint density at radius 1 is 0.839 bits per heavy atom. The first-order valence-electron chi connectivity index (χ1n) is 10.2. The second-order valence-corrected chi connectivity index (χ2v) is 6.89. The van der Waals surface area contributed by atoms with Gasteiger partial charge in [0.25, 0.3) is 5.56 Å². The molecule has 0 spiro atoms. The maximum absolute atomic E-state index is 12.6. The van der Waals surface area contributed by atoms with Crippen LogP contribution in [0, 0.1) is 0 Å². The normalized spacial score (nSPS) is 11.4. The summed E-state index contributed by atoms with van der Waals surface area (Å²) in [5.74, 6) is 2.30. The van der Waals surface area contributed by atoms with Gasteiger partial charge in [0.05, 0.1) is 19.8 Å². The molecule has 0 aliphatic heterocycles. The van der Waals surface area contributed by atoms with Crippen LogP contribution in [0.1, 0.15) is 32.2 Å². The number of imidazole rings is 1. The Kier molecular flexibility index (Phi) is 6.53. The van der Waals surface area contributed by atoms with E-state index in [4.69, 9.17) is 14.2 Å². The first-order valence-corrected chi connectivity index (χ1v) is 10.2. The highest BCUT2D eigenvalue weighted by molar-refractivity contribution is 5.77. The molecule has 2 heterocycles. The fourth-order valence-electron chi connectivity index (χ4n) is 3.36. The fourth-order valence-corrected chi connectivity index (χ4v) is 3.36. The number of rotatable bonds is 8. The van der Waals surface area contributed by atoms with Crippen molar-refractivity contribution < 1.29 is 14.2 Å². The highest BCUT2D eigenvalue weighted by Crippen LogP contribution is 2.39. The minimum atomic E-state index is -0.416. The second-order valence-electron chi connectivity index (χ2n) is 6.89. The maximum Gasteiger partial charge on any atom is 0.332 e. The minimum Gasteiger partial charge on any atom is -0.490 e. The summed E-state index contributed by atoms with van der Waals surface area (Å²) in [7, 11) is 4.80. The summed E-state index contributed by atoms with van der Waals surface area (Å²) >= 11 is 0. The molecule has 31 heavy (non-hydrogen) atoms. The summed E-state index contributed by atoms with van der Waals surface area (Å²) < 4.78 is 21.4. The molecule has 0 saturated heterocycles. The van der Waals surface area contributed by atoms with Gasteiger partial charge in [0, 0.05) is 21.1 Å². The van der Waals surface area contributed by atoms with Crippen LogP contribution >= 0.6 is 0 Å². The molecule has 0 unspecified atom stereocenters. The Hall–Kier alpha value is -3.49. The van der Waals surface area contributed by atoms with Crippen LogP contribution in [0.3, 0.4) is 0 Å². The lowest BCUT2D eigenvalue weighted by atomic mass is 10.1. The third-order valence-electron chi connectivity index (χ3n) is 4.87. The number of fused-ring (bicyclic) bond motifs is 1. The number of nitrogens with zero attached hydrogens (tertiary/aromatic N) is 4. The zero-order chi connectivity index (χ0) is 22.7. The van der Waals surface area contributed by atoms with Crippen molar-refractivity contribution in [2.45, 2.75) is 20.8 Å². The van der Waals surface area contributed by atoms with Crippen LogP contribution in [0.4, 0.5) is 0 Å². The van der Waals surface area contributed by atoms with Gasteiger partial charge in [0.15, 0.2) is 22.7 Å². The molecule has 166 valence electrons. The number of hydrogen-bond donors (Lipinski definition) is 0. The predicted molar refractivity (Wildman–Crippen MR) is 120 cm³/mol. The van der Waals surface area contributed by atoms with Crippen LogP contribution < -0.4 is 25.5 Å². The Balaban J connectivity index is 2.11. The van der Waals surface area contributed by atoms with Crippen molar-refractivity contribution in [1.29, 1.82) is 0 Å². The average Bonchev–Trinajstić information content (AvgIpc) is 3.08. The topological polar surface area (TPSA) is 89.5 Å². The van der Waals surface area contributed by atoms with Gasteiger partial charge in [-0.15, -0.1) is 0 Å². The molecule has 0 atom stereocenters. The number of aromatic nitrogens is 4. The van der Waals surface area contributed by atoms with Crippen LogP contribution in [0.5, 0.6) is 17.2 Å². The molecule has 0 amide bonds. The van der Waals surface area contributed by atoms with E-state index < -0.39 is 5.69 Å². The quantitative estimate of drug-likeness (QED) is 0.547. The molecule has 9 heteroatoms. The van der Waals surface area contributed by atoms with E-state index in [1.807, 2.05) is 39.0 Å². The summed E-state index contributed by atoms with van der Waals surface area (Å²) in [6.45, 7) is 7.18. The highest BCUT2D eigenvalue weighted by atomic mass is 16.5. The van der Waals surface area contributed by atoms with Gasteiger partial charge >= 0.3 is 5.69 Å². The Bertz CT molecular complexity index is 1220. The van der Waals surface area contributed by atoms with E-state index in [1.165, 1.54) is 11.6 Å². The molecule has 0 N–H and O–H groups in total. The number of ether oxygens (including phenoxy) is 3. The van der Waals surface area contributed by atoms with Crippen molar-refractivity contribution in [3.63, 3.8) is 0 Å². The molecular weight excluding hydrogens is 400 g/mol. The predicted octanol–water partition coefficient (Wildman–Crippen LogP) is 2.34. The molecule has 1 aromatic carbocycles. The molecule has 3 aromatic rings. The van der Waals surface area contributed by atoms with Gasteiger partial charge in [-0.3, -0.25) is 13.9 Å². The summed E-state index contributed by atoms with van der Waals surface area (Å²) in [5, 5.41) is 0. The van der Waals surface area contributed by atoms with E-state index in [1.54, 1.807) is 24.7 Å². The van der Waals surface area contributed by atoms with E-state index in [0.717, 1.165) is 10.1 Å². The van der Waals surface area contributed by atoms with Crippen LogP contribution in [-0.2, 0) is 21.1 Å². The molecule has 0 aliphatic rings. The van der Waals surface area contributed by atoms with E-state index >= 15 is 0 Å². The summed E-state index contributed by atoms with van der Waals surface area (Å²) in [6, 6.07) is 3.73. The first-order chi connectivity index (χ1) is 14.8. The Labute approximate surface area is 180 Å². The van der Waals surface area contributed by atoms with Gasteiger partial charge in [0.1, 0.15) is 5.82 Å². The molecule has 9 nitrogen and oxygen atoms in total. The summed E-state index contributed by atoms with van der Waals surface area (Å²) in [6.07, 6.45) is 3.63. The van der Waals surface area contributed by atoms with Gasteiger partial charge in [-0.2, -0.15) is 0 Å². The van der Waals surface area contributed by atoms with E-state index in [2.05, 4.69) is 4.98 Å². The fraction of sp³-hybridized carbons (Fsp3) is 0.409. The van der Waals surface area contributed by atoms with Crippen molar-refractivity contribution in [3.05, 3.63) is 44.4 Å². The molecule has 0 fully saturated rings. The maximum atomic E-state index is 12.6. The third-order valence-corrected chi connectivity index (χ3v) is 4.87. The molecule has 2 aromatic heterocycles. The van der Waals surface area contributed by atoms with Crippen molar-refractivity contribution in [2.75, 3.05) is 19.8 Å². The highest BCUT2D eigenvalue weighted by Gasteiger charge is 2.17. The van der Waals surface area contributed by atoms with Gasteiger partial charge in [-0.1, -0.05) is 6.08 Å². The molecular formula is C22H28N4O5. The van der Waals surface area contributed by atoms with E-state index in [9.17, 15) is 9.59 Å². The van der Waals surface area contributed by atoms with Crippen molar-refractivity contribution >= 4 is 23.3 Å². The van der Waals surface area contributed by atoms with Crippen LogP contribution in [0.2, 0.25) is 0 Å². The lowest BCUT2D eigenvalue weighted by Gasteiger charge is -2.16. The number of aryl methyl sites for hydroxylation is 2. The third kappa shape index (κ3) is 4.08. The van der Waals surface area contributed by atoms with Crippen LogP contribution in [-0.4, -0.2) is 38.5 Å². The van der Waals surface area contributed by atoms with Crippen molar-refractivity contribution in [2.24, 2.45) is 21.1 Å². The van der Waals surface area contributed by atoms with E-state index in [-0.39, 0.29) is 5.56 Å². The molecule has 0 radical (unpaired) electrons.